The number of aldehydes is 1. The summed E-state index contributed by atoms with van der Waals surface area (Å²) in [5.41, 5.74) is 6.06. The highest BCUT2D eigenvalue weighted by molar-refractivity contribution is 8.93. The second kappa shape index (κ2) is 20.0. The van der Waals surface area contributed by atoms with Gasteiger partial charge in [0.2, 0.25) is 5.88 Å². The number of rotatable bonds is 15. The van der Waals surface area contributed by atoms with Crippen molar-refractivity contribution in [1.29, 1.82) is 0 Å². The number of aromatic nitrogens is 1. The van der Waals surface area contributed by atoms with Gasteiger partial charge in [0.05, 0.1) is 17.8 Å². The molecular weight excluding hydrogens is 797 g/mol. The number of aryl methyl sites for hydroxylation is 1. The van der Waals surface area contributed by atoms with Crippen molar-refractivity contribution in [3.05, 3.63) is 152 Å². The number of benzene rings is 4. The summed E-state index contributed by atoms with van der Waals surface area (Å²) < 4.78 is 17.8. The quantitative estimate of drug-likeness (QED) is 0.0769. The van der Waals surface area contributed by atoms with Crippen molar-refractivity contribution in [3.63, 3.8) is 0 Å². The van der Waals surface area contributed by atoms with E-state index in [0.717, 1.165) is 73.4 Å². The Morgan fingerprint density at radius 3 is 2.17 bits per heavy atom. The van der Waals surface area contributed by atoms with Crippen LogP contribution in [0.3, 0.4) is 0 Å². The molecule has 0 saturated carbocycles. The van der Waals surface area contributed by atoms with Crippen LogP contribution in [0.1, 0.15) is 27.8 Å². The molecule has 7 nitrogen and oxygen atoms in total. The fourth-order valence-corrected chi connectivity index (χ4v) is 6.62. The number of ether oxygens (including phenoxy) is 3. The van der Waals surface area contributed by atoms with Gasteiger partial charge in [-0.2, -0.15) is 0 Å². The van der Waals surface area contributed by atoms with E-state index in [2.05, 4.69) is 39.0 Å². The lowest BCUT2D eigenvalue weighted by molar-refractivity contribution is -0.104. The van der Waals surface area contributed by atoms with E-state index in [4.69, 9.17) is 49.0 Å². The summed E-state index contributed by atoms with van der Waals surface area (Å²) in [5.74, 6) is 2.32. The molecule has 53 heavy (non-hydrogen) atoms. The maximum absolute atomic E-state index is 11.7. The van der Waals surface area contributed by atoms with Gasteiger partial charge < -0.3 is 14.2 Å². The number of piperazine rings is 1. The number of allylic oxidation sites excluding steroid dienone is 1. The SMILES string of the molecule is Br.Cc1cc(/C(=C\C=O)CN2CCN(Cc3ccc(CCOc4ccc(Cl)cc4)cc3)CC2)cc(Cl)c1Oc1ccc(OCc2ccccc2Cl)cn1. The fraction of sp³-hybridized carbons (Fsp3) is 0.238. The molecular formula is C42H41BrCl3N3O4. The van der Waals surface area contributed by atoms with Gasteiger partial charge in [-0.1, -0.05) is 77.3 Å². The summed E-state index contributed by atoms with van der Waals surface area (Å²) in [7, 11) is 0. The van der Waals surface area contributed by atoms with Crippen molar-refractivity contribution >= 4 is 63.6 Å². The van der Waals surface area contributed by atoms with Crippen molar-refractivity contribution < 1.29 is 19.0 Å². The molecule has 0 N–H and O–H groups in total. The van der Waals surface area contributed by atoms with Crippen LogP contribution < -0.4 is 14.2 Å². The van der Waals surface area contributed by atoms with Gasteiger partial charge in [0.25, 0.3) is 0 Å². The zero-order chi connectivity index (χ0) is 36.3. The number of carbonyl (C=O) groups excluding carboxylic acids is 1. The molecule has 1 aliphatic rings. The van der Waals surface area contributed by atoms with Gasteiger partial charge in [-0.25, -0.2) is 4.98 Å². The molecule has 1 aromatic heterocycles. The Morgan fingerprint density at radius 2 is 1.49 bits per heavy atom. The minimum atomic E-state index is 0. The monoisotopic (exact) mass is 835 g/mol. The number of pyridine rings is 1. The average molecular weight is 838 g/mol. The molecule has 4 aromatic carbocycles. The van der Waals surface area contributed by atoms with Crippen LogP contribution in [0.4, 0.5) is 0 Å². The first-order valence-corrected chi connectivity index (χ1v) is 18.3. The van der Waals surface area contributed by atoms with E-state index >= 15 is 0 Å². The summed E-state index contributed by atoms with van der Waals surface area (Å²) in [4.78, 5) is 20.9. The normalized spacial score (nSPS) is 13.6. The molecule has 0 unspecified atom stereocenters. The maximum Gasteiger partial charge on any atom is 0.219 e. The van der Waals surface area contributed by atoms with Gasteiger partial charge in [-0.15, -0.1) is 17.0 Å². The topological polar surface area (TPSA) is 64.1 Å². The minimum absolute atomic E-state index is 0. The molecule has 1 saturated heterocycles. The Kier molecular flexibility index (Phi) is 15.2. The highest BCUT2D eigenvalue weighted by Crippen LogP contribution is 2.36. The molecule has 6 rings (SSSR count). The summed E-state index contributed by atoms with van der Waals surface area (Å²) in [6.07, 6.45) is 4.91. The van der Waals surface area contributed by atoms with Crippen molar-refractivity contribution in [2.24, 2.45) is 0 Å². The molecule has 2 heterocycles. The summed E-state index contributed by atoms with van der Waals surface area (Å²) in [6, 6.07) is 31.1. The summed E-state index contributed by atoms with van der Waals surface area (Å²) in [6.45, 7) is 8.10. The molecule has 1 aliphatic heterocycles. The van der Waals surface area contributed by atoms with E-state index in [1.165, 1.54) is 11.1 Å². The lowest BCUT2D eigenvalue weighted by Gasteiger charge is -2.35. The van der Waals surface area contributed by atoms with Crippen molar-refractivity contribution in [2.45, 2.75) is 26.5 Å². The maximum atomic E-state index is 11.7. The zero-order valence-electron chi connectivity index (χ0n) is 29.4. The van der Waals surface area contributed by atoms with Crippen LogP contribution in [-0.2, 0) is 24.4 Å². The first kappa shape index (κ1) is 40.3. The van der Waals surface area contributed by atoms with Crippen LogP contribution in [0.2, 0.25) is 15.1 Å². The molecule has 0 amide bonds. The van der Waals surface area contributed by atoms with E-state index in [1.807, 2.05) is 67.6 Å². The van der Waals surface area contributed by atoms with Crippen molar-refractivity contribution in [2.75, 3.05) is 39.3 Å². The number of nitrogens with zero attached hydrogens (tertiary/aromatic N) is 3. The predicted molar refractivity (Wildman–Crippen MR) is 219 cm³/mol. The zero-order valence-corrected chi connectivity index (χ0v) is 33.3. The minimum Gasteiger partial charge on any atom is -0.493 e. The Labute approximate surface area is 336 Å². The molecule has 0 aliphatic carbocycles. The van der Waals surface area contributed by atoms with Gasteiger partial charge in [-0.3, -0.25) is 14.6 Å². The molecule has 0 spiro atoms. The third-order valence-electron chi connectivity index (χ3n) is 8.90. The molecule has 0 atom stereocenters. The Morgan fingerprint density at radius 1 is 0.792 bits per heavy atom. The van der Waals surface area contributed by atoms with E-state index in [1.54, 1.807) is 24.4 Å². The second-order valence-corrected chi connectivity index (χ2v) is 13.9. The van der Waals surface area contributed by atoms with Crippen LogP contribution in [0.15, 0.2) is 109 Å². The highest BCUT2D eigenvalue weighted by atomic mass is 79.9. The third-order valence-corrected chi connectivity index (χ3v) is 9.80. The predicted octanol–water partition coefficient (Wildman–Crippen LogP) is 10.3. The van der Waals surface area contributed by atoms with E-state index in [-0.39, 0.29) is 17.0 Å². The largest absolute Gasteiger partial charge is 0.493 e. The second-order valence-electron chi connectivity index (χ2n) is 12.7. The molecule has 5 aromatic rings. The van der Waals surface area contributed by atoms with E-state index in [9.17, 15) is 4.79 Å². The van der Waals surface area contributed by atoms with Crippen molar-refractivity contribution in [3.8, 4) is 23.1 Å². The molecule has 276 valence electrons. The number of carbonyl (C=O) groups is 1. The lowest BCUT2D eigenvalue weighted by atomic mass is 10.0. The summed E-state index contributed by atoms with van der Waals surface area (Å²) >= 11 is 18.9. The molecule has 11 heteroatoms. The Hall–Kier alpha value is -3.89. The lowest BCUT2D eigenvalue weighted by Crippen LogP contribution is -2.46. The molecule has 1 fully saturated rings. The smallest absolute Gasteiger partial charge is 0.219 e. The van der Waals surface area contributed by atoms with Crippen molar-refractivity contribution in [1.82, 2.24) is 14.8 Å². The van der Waals surface area contributed by atoms with Crippen LogP contribution >= 0.6 is 51.8 Å². The summed E-state index contributed by atoms with van der Waals surface area (Å²) in [5, 5.41) is 1.80. The average Bonchev–Trinajstić information content (AvgIpc) is 3.15. The van der Waals surface area contributed by atoms with Crippen LogP contribution in [0.5, 0.6) is 23.1 Å². The first-order chi connectivity index (χ1) is 25.3. The number of hydrogen-bond acceptors (Lipinski definition) is 7. The number of halogens is 4. The number of hydrogen-bond donors (Lipinski definition) is 0. The molecule has 0 radical (unpaired) electrons. The van der Waals surface area contributed by atoms with Crippen LogP contribution in [0.25, 0.3) is 5.57 Å². The van der Waals surface area contributed by atoms with Gasteiger partial charge in [0.15, 0.2) is 5.75 Å². The van der Waals surface area contributed by atoms with E-state index in [0.29, 0.717) is 52.2 Å². The third kappa shape index (κ3) is 11.8. The van der Waals surface area contributed by atoms with Crippen LogP contribution in [0, 0.1) is 6.92 Å². The van der Waals surface area contributed by atoms with Gasteiger partial charge in [-0.05, 0) is 89.4 Å². The molecule has 0 bridgehead atoms. The Bertz CT molecular complexity index is 1950. The van der Waals surface area contributed by atoms with Crippen LogP contribution in [-0.4, -0.2) is 60.4 Å². The highest BCUT2D eigenvalue weighted by Gasteiger charge is 2.20. The van der Waals surface area contributed by atoms with Gasteiger partial charge in [0, 0.05) is 67.4 Å². The first-order valence-electron chi connectivity index (χ1n) is 17.2. The fourth-order valence-electron chi connectivity index (χ4n) is 5.99. The standard InChI is InChI=1S/C42H40Cl3N3O4.BrH/c1-30-24-35(25-40(45)42(30)52-41-15-14-38(26-46-41)51-29-34-4-2-3-5-39(34)44)33(16-22-49)28-48-20-18-47(19-21-48)27-32-8-6-31(7-9-32)17-23-50-37-12-10-36(43)11-13-37;/h2-16,22,24-26H,17-21,23,27-29H2,1H3;1H/b33-16-;. The van der Waals surface area contributed by atoms with E-state index < -0.39 is 0 Å². The van der Waals surface area contributed by atoms with Gasteiger partial charge >= 0.3 is 0 Å². The Balaban J connectivity index is 0.00000541. The van der Waals surface area contributed by atoms with Gasteiger partial charge in [0.1, 0.15) is 24.4 Å².